The van der Waals surface area contributed by atoms with Gasteiger partial charge < -0.3 is 10.4 Å². The minimum absolute atomic E-state index is 0.0189. The number of anilines is 1. The quantitative estimate of drug-likeness (QED) is 0.718. The number of rotatable bonds is 6. The maximum atomic E-state index is 11.1. The van der Waals surface area contributed by atoms with Crippen LogP contribution in [-0.2, 0) is 17.8 Å². The molecule has 1 aromatic heterocycles. The van der Waals surface area contributed by atoms with Crippen LogP contribution in [0.15, 0.2) is 60.7 Å². The first-order valence-electron chi connectivity index (χ1n) is 7.27. The van der Waals surface area contributed by atoms with Crippen LogP contribution in [-0.4, -0.2) is 16.1 Å². The van der Waals surface area contributed by atoms with E-state index < -0.39 is 5.97 Å². The fraction of sp³-hybridized carbons (Fsp3) is 0.111. The summed E-state index contributed by atoms with van der Waals surface area (Å²) in [4.78, 5) is 16.5. The zero-order valence-corrected chi connectivity index (χ0v) is 13.2. The summed E-state index contributed by atoms with van der Waals surface area (Å²) in [6, 6.07) is 19.7. The Morgan fingerprint density at radius 1 is 1.04 bits per heavy atom. The smallest absolute Gasteiger partial charge is 0.308 e. The molecule has 2 aromatic carbocycles. The SMILES string of the molecule is O=C(O)Cc1sc(NCc2ccccc2)nc1-c1ccccc1. The van der Waals surface area contributed by atoms with Crippen LogP contribution in [0.25, 0.3) is 11.3 Å². The number of carbonyl (C=O) groups is 1. The molecule has 0 atom stereocenters. The molecule has 23 heavy (non-hydrogen) atoms. The molecule has 2 N–H and O–H groups in total. The molecule has 0 spiro atoms. The third-order valence-corrected chi connectivity index (χ3v) is 4.36. The summed E-state index contributed by atoms with van der Waals surface area (Å²) in [6.45, 7) is 0.662. The largest absolute Gasteiger partial charge is 0.481 e. The molecule has 0 saturated heterocycles. The van der Waals surface area contributed by atoms with Crippen LogP contribution in [0.4, 0.5) is 5.13 Å². The van der Waals surface area contributed by atoms with E-state index >= 15 is 0 Å². The van der Waals surface area contributed by atoms with Crippen molar-refractivity contribution in [2.24, 2.45) is 0 Å². The Hall–Kier alpha value is -2.66. The van der Waals surface area contributed by atoms with Crippen molar-refractivity contribution < 1.29 is 9.90 Å². The standard InChI is InChI=1S/C18H16N2O2S/c21-16(22)11-15-17(14-9-5-2-6-10-14)20-18(23-15)19-12-13-7-3-1-4-8-13/h1-10H,11-12H2,(H,19,20)(H,21,22). The van der Waals surface area contributed by atoms with Gasteiger partial charge in [-0.2, -0.15) is 0 Å². The Balaban J connectivity index is 1.84. The van der Waals surface area contributed by atoms with Crippen molar-refractivity contribution >= 4 is 22.4 Å². The van der Waals surface area contributed by atoms with Gasteiger partial charge in [0.05, 0.1) is 12.1 Å². The van der Waals surface area contributed by atoms with Gasteiger partial charge in [-0.25, -0.2) is 4.98 Å². The van der Waals surface area contributed by atoms with Gasteiger partial charge in [-0.05, 0) is 5.56 Å². The summed E-state index contributed by atoms with van der Waals surface area (Å²) < 4.78 is 0. The zero-order chi connectivity index (χ0) is 16.1. The van der Waals surface area contributed by atoms with E-state index in [2.05, 4.69) is 10.3 Å². The second kappa shape index (κ2) is 7.07. The molecule has 5 heteroatoms. The Labute approximate surface area is 138 Å². The summed E-state index contributed by atoms with van der Waals surface area (Å²) >= 11 is 1.40. The minimum atomic E-state index is -0.847. The molecule has 1 heterocycles. The Kier molecular flexibility index (Phi) is 4.68. The number of carboxylic acids is 1. The minimum Gasteiger partial charge on any atom is -0.481 e. The Bertz CT molecular complexity index is 785. The van der Waals surface area contributed by atoms with E-state index in [4.69, 9.17) is 5.11 Å². The molecular formula is C18H16N2O2S. The monoisotopic (exact) mass is 324 g/mol. The highest BCUT2D eigenvalue weighted by molar-refractivity contribution is 7.16. The molecular weight excluding hydrogens is 308 g/mol. The van der Waals surface area contributed by atoms with E-state index in [-0.39, 0.29) is 6.42 Å². The summed E-state index contributed by atoms with van der Waals surface area (Å²) in [5.41, 5.74) is 2.84. The lowest BCUT2D eigenvalue weighted by atomic mass is 10.1. The number of nitrogens with one attached hydrogen (secondary N) is 1. The van der Waals surface area contributed by atoms with Gasteiger partial charge in [0.25, 0.3) is 0 Å². The van der Waals surface area contributed by atoms with E-state index in [0.717, 1.165) is 26.8 Å². The Morgan fingerprint density at radius 3 is 2.35 bits per heavy atom. The van der Waals surface area contributed by atoms with Crippen molar-refractivity contribution in [2.75, 3.05) is 5.32 Å². The third kappa shape index (κ3) is 3.96. The van der Waals surface area contributed by atoms with E-state index in [0.29, 0.717) is 6.54 Å². The lowest BCUT2D eigenvalue weighted by Gasteiger charge is -2.02. The molecule has 0 unspecified atom stereocenters. The molecule has 0 aliphatic heterocycles. The first kappa shape index (κ1) is 15.2. The predicted octanol–water partition coefficient (Wildman–Crippen LogP) is 4.05. The number of aromatic nitrogens is 1. The second-order valence-electron chi connectivity index (χ2n) is 5.07. The molecule has 116 valence electrons. The van der Waals surface area contributed by atoms with Crippen LogP contribution in [0.5, 0.6) is 0 Å². The number of hydrogen-bond acceptors (Lipinski definition) is 4. The number of aliphatic carboxylic acids is 1. The van der Waals surface area contributed by atoms with E-state index in [1.165, 1.54) is 11.3 Å². The van der Waals surface area contributed by atoms with Gasteiger partial charge in [-0.3, -0.25) is 4.79 Å². The molecule has 4 nitrogen and oxygen atoms in total. The molecule has 0 radical (unpaired) electrons. The molecule has 0 aliphatic rings. The van der Waals surface area contributed by atoms with Gasteiger partial charge in [0.15, 0.2) is 5.13 Å². The van der Waals surface area contributed by atoms with E-state index in [9.17, 15) is 4.79 Å². The van der Waals surface area contributed by atoms with Crippen LogP contribution in [0.1, 0.15) is 10.4 Å². The van der Waals surface area contributed by atoms with Crippen molar-refractivity contribution in [1.82, 2.24) is 4.98 Å². The van der Waals surface area contributed by atoms with Crippen LogP contribution < -0.4 is 5.32 Å². The number of nitrogens with zero attached hydrogens (tertiary/aromatic N) is 1. The number of carboxylic acid groups (broad SMARTS) is 1. The van der Waals surface area contributed by atoms with Gasteiger partial charge in [-0.15, -0.1) is 11.3 Å². The van der Waals surface area contributed by atoms with E-state index in [1.807, 2.05) is 60.7 Å². The molecule has 0 saturated carbocycles. The number of thiazole rings is 1. The highest BCUT2D eigenvalue weighted by Gasteiger charge is 2.15. The number of benzene rings is 2. The topological polar surface area (TPSA) is 62.2 Å². The molecule has 3 rings (SSSR count). The lowest BCUT2D eigenvalue weighted by molar-refractivity contribution is -0.136. The van der Waals surface area contributed by atoms with Gasteiger partial charge in [0.1, 0.15) is 0 Å². The second-order valence-corrected chi connectivity index (χ2v) is 6.15. The number of hydrogen-bond donors (Lipinski definition) is 2. The van der Waals surface area contributed by atoms with Crippen molar-refractivity contribution in [3.05, 3.63) is 71.1 Å². The van der Waals surface area contributed by atoms with Crippen LogP contribution >= 0.6 is 11.3 Å². The first-order chi connectivity index (χ1) is 11.2. The highest BCUT2D eigenvalue weighted by Crippen LogP contribution is 2.31. The van der Waals surface area contributed by atoms with Crippen LogP contribution in [0, 0.1) is 0 Å². The summed E-state index contributed by atoms with van der Waals surface area (Å²) in [6.07, 6.45) is -0.0189. The van der Waals surface area contributed by atoms with E-state index in [1.54, 1.807) is 0 Å². The van der Waals surface area contributed by atoms with Crippen LogP contribution in [0.3, 0.4) is 0 Å². The fourth-order valence-corrected chi connectivity index (χ4v) is 3.25. The maximum Gasteiger partial charge on any atom is 0.308 e. The average Bonchev–Trinajstić information content (AvgIpc) is 2.97. The molecule has 3 aromatic rings. The predicted molar refractivity (Wildman–Crippen MR) is 92.7 cm³/mol. The highest BCUT2D eigenvalue weighted by atomic mass is 32.1. The van der Waals surface area contributed by atoms with Gasteiger partial charge >= 0.3 is 5.97 Å². The molecule has 0 amide bonds. The normalized spacial score (nSPS) is 10.4. The third-order valence-electron chi connectivity index (χ3n) is 3.34. The molecule has 0 bridgehead atoms. The van der Waals surface area contributed by atoms with Crippen molar-refractivity contribution in [3.63, 3.8) is 0 Å². The van der Waals surface area contributed by atoms with Crippen LogP contribution in [0.2, 0.25) is 0 Å². The van der Waals surface area contributed by atoms with Crippen molar-refractivity contribution in [2.45, 2.75) is 13.0 Å². The van der Waals surface area contributed by atoms with Gasteiger partial charge in [-0.1, -0.05) is 60.7 Å². The lowest BCUT2D eigenvalue weighted by Crippen LogP contribution is -1.99. The Morgan fingerprint density at radius 2 is 1.70 bits per heavy atom. The van der Waals surface area contributed by atoms with Crippen molar-refractivity contribution in [3.8, 4) is 11.3 Å². The van der Waals surface area contributed by atoms with Gasteiger partial charge in [0.2, 0.25) is 0 Å². The van der Waals surface area contributed by atoms with Gasteiger partial charge in [0, 0.05) is 17.0 Å². The summed E-state index contributed by atoms with van der Waals surface area (Å²) in [5, 5.41) is 13.1. The molecule has 0 aliphatic carbocycles. The fourth-order valence-electron chi connectivity index (χ4n) is 2.28. The van der Waals surface area contributed by atoms with Crippen molar-refractivity contribution in [1.29, 1.82) is 0 Å². The zero-order valence-electron chi connectivity index (χ0n) is 12.4. The first-order valence-corrected chi connectivity index (χ1v) is 8.09. The maximum absolute atomic E-state index is 11.1. The summed E-state index contributed by atoms with van der Waals surface area (Å²) in [7, 11) is 0. The molecule has 0 fully saturated rings. The average molecular weight is 324 g/mol. The summed E-state index contributed by atoms with van der Waals surface area (Å²) in [5.74, 6) is -0.847.